The summed E-state index contributed by atoms with van der Waals surface area (Å²) in [6.07, 6.45) is 2.86. The van der Waals surface area contributed by atoms with Crippen molar-refractivity contribution in [3.05, 3.63) is 10.7 Å². The molecule has 3 heterocycles. The minimum absolute atomic E-state index is 0. The maximum atomic E-state index is 12.9. The van der Waals surface area contributed by atoms with Crippen LogP contribution >= 0.6 is 23.7 Å². The van der Waals surface area contributed by atoms with E-state index in [1.807, 2.05) is 6.92 Å². The fourth-order valence-electron chi connectivity index (χ4n) is 3.18. The van der Waals surface area contributed by atoms with Gasteiger partial charge in [-0.3, -0.25) is 0 Å². The molecule has 0 aliphatic carbocycles. The quantitative estimate of drug-likeness (QED) is 0.892. The third kappa shape index (κ3) is 2.62. The monoisotopic (exact) mass is 337 g/mol. The lowest BCUT2D eigenvalue weighted by Crippen LogP contribution is -2.42. The van der Waals surface area contributed by atoms with Gasteiger partial charge in [-0.05, 0) is 39.7 Å². The van der Waals surface area contributed by atoms with E-state index in [9.17, 15) is 8.42 Å². The molecule has 1 aromatic rings. The largest absolute Gasteiger partial charge is 0.315 e. The van der Waals surface area contributed by atoms with Gasteiger partial charge in [0, 0.05) is 18.6 Å². The molecule has 20 heavy (non-hydrogen) atoms. The van der Waals surface area contributed by atoms with Gasteiger partial charge in [0.25, 0.3) is 10.0 Å². The molecule has 114 valence electrons. The number of fused-ring (bicyclic) bond motifs is 2. The normalized spacial score (nSPS) is 27.1. The van der Waals surface area contributed by atoms with Crippen LogP contribution in [0.3, 0.4) is 0 Å². The Morgan fingerprint density at radius 3 is 2.60 bits per heavy atom. The Bertz CT molecular complexity index is 574. The number of nitrogens with zero attached hydrogens (tertiary/aromatic N) is 2. The second-order valence-corrected chi connectivity index (χ2v) is 8.56. The van der Waals surface area contributed by atoms with Crippen LogP contribution in [0.5, 0.6) is 0 Å². The number of hydrogen-bond donors (Lipinski definition) is 1. The number of aryl methyl sites for hydroxylation is 2. The Morgan fingerprint density at radius 1 is 1.25 bits per heavy atom. The first-order valence-electron chi connectivity index (χ1n) is 6.68. The van der Waals surface area contributed by atoms with Crippen molar-refractivity contribution in [1.29, 1.82) is 0 Å². The summed E-state index contributed by atoms with van der Waals surface area (Å²) in [6.45, 7) is 5.32. The zero-order valence-corrected chi connectivity index (χ0v) is 14.1. The molecular weight excluding hydrogens is 318 g/mol. The van der Waals surface area contributed by atoms with Crippen LogP contribution in [0, 0.1) is 13.8 Å². The highest BCUT2D eigenvalue weighted by Crippen LogP contribution is 2.36. The maximum absolute atomic E-state index is 12.9. The summed E-state index contributed by atoms with van der Waals surface area (Å²) in [4.78, 5) is 4.26. The van der Waals surface area contributed by atoms with Crippen LogP contribution in [0.4, 0.5) is 0 Å². The van der Waals surface area contributed by atoms with Gasteiger partial charge in [-0.15, -0.1) is 23.7 Å². The summed E-state index contributed by atoms with van der Waals surface area (Å²) in [5.74, 6) is 0. The van der Waals surface area contributed by atoms with Crippen LogP contribution in [-0.4, -0.2) is 42.9 Å². The number of thiazole rings is 1. The van der Waals surface area contributed by atoms with Crippen molar-refractivity contribution in [2.75, 3.05) is 13.1 Å². The number of rotatable bonds is 2. The topological polar surface area (TPSA) is 62.3 Å². The Kier molecular flexibility index (Phi) is 4.76. The van der Waals surface area contributed by atoms with Gasteiger partial charge in [0.2, 0.25) is 0 Å². The highest BCUT2D eigenvalue weighted by molar-refractivity contribution is 7.91. The molecule has 2 saturated heterocycles. The summed E-state index contributed by atoms with van der Waals surface area (Å²) in [5, 5.41) is 4.15. The van der Waals surface area contributed by atoms with Gasteiger partial charge in [-0.1, -0.05) is 0 Å². The second kappa shape index (κ2) is 5.88. The summed E-state index contributed by atoms with van der Waals surface area (Å²) in [6, 6.07) is 0.270. The van der Waals surface area contributed by atoms with E-state index in [2.05, 4.69) is 10.3 Å². The predicted molar refractivity (Wildman–Crippen MR) is 82.2 cm³/mol. The fourth-order valence-corrected chi connectivity index (χ4v) is 6.65. The molecule has 2 atom stereocenters. The number of hydrogen-bond acceptors (Lipinski definition) is 5. The van der Waals surface area contributed by atoms with E-state index in [1.165, 1.54) is 11.3 Å². The van der Waals surface area contributed by atoms with Crippen molar-refractivity contribution >= 4 is 33.8 Å². The third-order valence-corrected chi connectivity index (χ3v) is 7.62. The number of halogens is 1. The lowest BCUT2D eigenvalue weighted by atomic mass is 10.1. The van der Waals surface area contributed by atoms with Gasteiger partial charge in [0.15, 0.2) is 4.21 Å². The SMILES string of the molecule is Cc1nc(C)c(S(=O)(=O)N2C3CCNCC2CC3)s1.Cl. The summed E-state index contributed by atoms with van der Waals surface area (Å²) < 4.78 is 28.0. The van der Waals surface area contributed by atoms with Crippen LogP contribution in [0.25, 0.3) is 0 Å². The van der Waals surface area contributed by atoms with E-state index in [0.717, 1.165) is 37.4 Å². The van der Waals surface area contributed by atoms with E-state index in [-0.39, 0.29) is 24.5 Å². The van der Waals surface area contributed by atoms with Crippen molar-refractivity contribution in [2.45, 2.75) is 49.4 Å². The number of aromatic nitrogens is 1. The average molecular weight is 338 g/mol. The smallest absolute Gasteiger partial charge is 0.255 e. The van der Waals surface area contributed by atoms with Gasteiger partial charge < -0.3 is 5.32 Å². The molecule has 2 aliphatic rings. The molecule has 3 rings (SSSR count). The minimum Gasteiger partial charge on any atom is -0.315 e. The van der Waals surface area contributed by atoms with Gasteiger partial charge in [-0.2, -0.15) is 4.31 Å². The Labute approximate surface area is 130 Å². The second-order valence-electron chi connectivity index (χ2n) is 5.32. The Hall–Kier alpha value is -0.210. The zero-order valence-electron chi connectivity index (χ0n) is 11.6. The van der Waals surface area contributed by atoms with E-state index in [0.29, 0.717) is 9.90 Å². The van der Waals surface area contributed by atoms with Gasteiger partial charge in [0.1, 0.15) is 0 Å². The highest BCUT2D eigenvalue weighted by atomic mass is 35.5. The first-order chi connectivity index (χ1) is 9.00. The van der Waals surface area contributed by atoms with E-state index in [1.54, 1.807) is 11.2 Å². The molecule has 2 aliphatic heterocycles. The molecule has 0 amide bonds. The zero-order chi connectivity index (χ0) is 13.6. The highest BCUT2D eigenvalue weighted by Gasteiger charge is 2.44. The molecule has 0 spiro atoms. The Balaban J connectivity index is 0.00000147. The summed E-state index contributed by atoms with van der Waals surface area (Å²) in [5.41, 5.74) is 0.638. The first-order valence-corrected chi connectivity index (χ1v) is 8.94. The van der Waals surface area contributed by atoms with E-state index in [4.69, 9.17) is 0 Å². The van der Waals surface area contributed by atoms with Gasteiger partial charge in [-0.25, -0.2) is 13.4 Å². The van der Waals surface area contributed by atoms with Crippen molar-refractivity contribution in [3.63, 3.8) is 0 Å². The molecule has 5 nitrogen and oxygen atoms in total. The van der Waals surface area contributed by atoms with E-state index >= 15 is 0 Å². The summed E-state index contributed by atoms with van der Waals surface area (Å²) in [7, 11) is -3.38. The van der Waals surface area contributed by atoms with Crippen molar-refractivity contribution in [1.82, 2.24) is 14.6 Å². The molecule has 2 bridgehead atoms. The average Bonchev–Trinajstić information content (AvgIpc) is 2.78. The molecule has 1 N–H and O–H groups in total. The number of nitrogens with one attached hydrogen (secondary N) is 1. The molecule has 0 saturated carbocycles. The first kappa shape index (κ1) is 16.2. The predicted octanol–water partition coefficient (Wildman–Crippen LogP) is 1.70. The maximum Gasteiger partial charge on any atom is 0.255 e. The van der Waals surface area contributed by atoms with Crippen LogP contribution in [-0.2, 0) is 10.0 Å². The fraction of sp³-hybridized carbons (Fsp3) is 0.750. The standard InChI is InChI=1S/C12H19N3O2S2.ClH/c1-8-12(18-9(2)14-8)19(16,17)15-10-3-4-11(15)7-13-6-5-10;/h10-11,13H,3-7H2,1-2H3;1H. The molecule has 2 unspecified atom stereocenters. The van der Waals surface area contributed by atoms with Crippen LogP contribution in [0.15, 0.2) is 4.21 Å². The van der Waals surface area contributed by atoms with E-state index < -0.39 is 10.0 Å². The molecular formula is C12H20ClN3O2S2. The molecule has 1 aromatic heterocycles. The lowest BCUT2D eigenvalue weighted by Gasteiger charge is -2.26. The molecule has 0 aromatic carbocycles. The Morgan fingerprint density at radius 2 is 1.95 bits per heavy atom. The summed E-state index contributed by atoms with van der Waals surface area (Å²) >= 11 is 1.29. The van der Waals surface area contributed by atoms with Crippen molar-refractivity contribution in [3.8, 4) is 0 Å². The molecule has 8 heteroatoms. The lowest BCUT2D eigenvalue weighted by molar-refractivity contribution is 0.335. The van der Waals surface area contributed by atoms with Gasteiger partial charge in [0.05, 0.1) is 10.7 Å². The van der Waals surface area contributed by atoms with Crippen LogP contribution < -0.4 is 5.32 Å². The minimum atomic E-state index is -3.38. The van der Waals surface area contributed by atoms with Crippen molar-refractivity contribution < 1.29 is 8.42 Å². The third-order valence-electron chi connectivity index (χ3n) is 3.96. The van der Waals surface area contributed by atoms with Crippen molar-refractivity contribution in [2.24, 2.45) is 0 Å². The molecule has 0 radical (unpaired) electrons. The van der Waals surface area contributed by atoms with Gasteiger partial charge >= 0.3 is 0 Å². The van der Waals surface area contributed by atoms with Crippen LogP contribution in [0.2, 0.25) is 0 Å². The molecule has 2 fully saturated rings. The van der Waals surface area contributed by atoms with Crippen LogP contribution in [0.1, 0.15) is 30.0 Å². The number of sulfonamides is 1.